The fourth-order valence-electron chi connectivity index (χ4n) is 4.86. The Kier molecular flexibility index (Phi) is 18.5. The minimum absolute atomic E-state index is 0.623. The highest BCUT2D eigenvalue weighted by Crippen LogP contribution is 2.21. The van der Waals surface area contributed by atoms with E-state index >= 15 is 0 Å². The minimum Gasteiger partial charge on any atom is -0.356 e. The van der Waals surface area contributed by atoms with Gasteiger partial charge in [-0.1, -0.05) is 130 Å². The molecule has 0 saturated heterocycles. The largest absolute Gasteiger partial charge is 0.356 e. The Hall–Kier alpha value is -0.660. The predicted molar refractivity (Wildman–Crippen MR) is 136 cm³/mol. The van der Waals surface area contributed by atoms with Crippen LogP contribution in [0, 0.1) is 0 Å². The molecule has 1 unspecified atom stereocenters. The van der Waals surface area contributed by atoms with E-state index in [0.29, 0.717) is 6.17 Å². The molecular weight excluding hydrogens is 364 g/mol. The number of nitrogens with zero attached hydrogens (tertiary/aromatic N) is 2. The first-order valence-electron chi connectivity index (χ1n) is 14.0. The molecule has 2 heteroatoms. The second-order valence-electron chi connectivity index (χ2n) is 9.67. The zero-order valence-corrected chi connectivity index (χ0v) is 21.2. The number of hydrogen-bond acceptors (Lipinski definition) is 2. The van der Waals surface area contributed by atoms with E-state index in [1.165, 1.54) is 142 Å². The maximum absolute atomic E-state index is 2.60. The van der Waals surface area contributed by atoms with Gasteiger partial charge in [-0.3, -0.25) is 0 Å². The summed E-state index contributed by atoms with van der Waals surface area (Å²) >= 11 is 0. The van der Waals surface area contributed by atoms with Crippen molar-refractivity contribution in [2.75, 3.05) is 13.1 Å². The van der Waals surface area contributed by atoms with Gasteiger partial charge in [-0.05, 0) is 19.3 Å². The SMILES string of the molecule is CCCCCCCCCCCCCCCCN1C=CN(CCCCCCC)C1CC. The van der Waals surface area contributed by atoms with Gasteiger partial charge < -0.3 is 9.80 Å². The van der Waals surface area contributed by atoms with Crippen molar-refractivity contribution in [2.24, 2.45) is 0 Å². The fourth-order valence-corrected chi connectivity index (χ4v) is 4.86. The first-order chi connectivity index (χ1) is 14.8. The third-order valence-electron chi connectivity index (χ3n) is 6.87. The molecular formula is C28H56N2. The molecule has 1 aliphatic rings. The van der Waals surface area contributed by atoms with E-state index in [1.54, 1.807) is 0 Å². The first-order valence-corrected chi connectivity index (χ1v) is 14.0. The molecule has 0 bridgehead atoms. The van der Waals surface area contributed by atoms with Crippen molar-refractivity contribution in [3.05, 3.63) is 12.4 Å². The number of rotatable bonds is 22. The monoisotopic (exact) mass is 420 g/mol. The topological polar surface area (TPSA) is 6.48 Å². The summed E-state index contributed by atoms with van der Waals surface area (Å²) in [5, 5.41) is 0. The summed E-state index contributed by atoms with van der Waals surface area (Å²) in [6.07, 6.45) is 33.7. The van der Waals surface area contributed by atoms with Crippen LogP contribution >= 0.6 is 0 Å². The third-order valence-corrected chi connectivity index (χ3v) is 6.87. The Morgan fingerprint density at radius 1 is 0.433 bits per heavy atom. The molecule has 2 nitrogen and oxygen atoms in total. The Balaban J connectivity index is 1.92. The lowest BCUT2D eigenvalue weighted by molar-refractivity contribution is 0.144. The Bertz CT molecular complexity index is 379. The normalized spacial score (nSPS) is 16.2. The summed E-state index contributed by atoms with van der Waals surface area (Å²) in [6.45, 7) is 9.44. The quantitative estimate of drug-likeness (QED) is 0.161. The van der Waals surface area contributed by atoms with E-state index in [0.717, 1.165) is 0 Å². The third kappa shape index (κ3) is 13.6. The number of hydrogen-bond donors (Lipinski definition) is 0. The van der Waals surface area contributed by atoms with Crippen molar-refractivity contribution in [2.45, 2.75) is 155 Å². The smallest absolute Gasteiger partial charge is 0.100 e. The van der Waals surface area contributed by atoms with Crippen molar-refractivity contribution >= 4 is 0 Å². The second-order valence-corrected chi connectivity index (χ2v) is 9.67. The van der Waals surface area contributed by atoms with Gasteiger partial charge in [0.2, 0.25) is 0 Å². The molecule has 1 rings (SSSR count). The molecule has 1 heterocycles. The zero-order chi connectivity index (χ0) is 21.7. The van der Waals surface area contributed by atoms with E-state index in [4.69, 9.17) is 0 Å². The van der Waals surface area contributed by atoms with Crippen LogP contribution in [0.15, 0.2) is 12.4 Å². The summed E-state index contributed by atoms with van der Waals surface area (Å²) in [4.78, 5) is 5.20. The Labute approximate surface area is 190 Å². The van der Waals surface area contributed by atoms with E-state index in [9.17, 15) is 0 Å². The zero-order valence-electron chi connectivity index (χ0n) is 21.2. The molecule has 30 heavy (non-hydrogen) atoms. The van der Waals surface area contributed by atoms with Crippen molar-refractivity contribution in [1.82, 2.24) is 9.80 Å². The van der Waals surface area contributed by atoms with Crippen LogP contribution in [0.5, 0.6) is 0 Å². The van der Waals surface area contributed by atoms with Crippen molar-refractivity contribution < 1.29 is 0 Å². The molecule has 0 aliphatic carbocycles. The maximum atomic E-state index is 2.60. The standard InChI is InChI=1S/C28H56N2/c1-4-7-9-11-12-13-14-15-16-17-18-19-21-23-25-30-27-26-29(28(30)6-3)24-22-20-10-8-5-2/h26-28H,4-25H2,1-3H3. The number of unbranched alkanes of at least 4 members (excludes halogenated alkanes) is 17. The molecule has 0 amide bonds. The first kappa shape index (κ1) is 27.4. The van der Waals surface area contributed by atoms with Crippen LogP contribution in [-0.2, 0) is 0 Å². The van der Waals surface area contributed by atoms with E-state index in [2.05, 4.69) is 43.0 Å². The van der Waals surface area contributed by atoms with Crippen LogP contribution in [0.25, 0.3) is 0 Å². The molecule has 1 atom stereocenters. The van der Waals surface area contributed by atoms with Gasteiger partial charge in [0.15, 0.2) is 0 Å². The highest BCUT2D eigenvalue weighted by Gasteiger charge is 2.23. The summed E-state index contributed by atoms with van der Waals surface area (Å²) in [7, 11) is 0. The molecule has 0 fully saturated rings. The Morgan fingerprint density at radius 2 is 0.733 bits per heavy atom. The van der Waals surface area contributed by atoms with Crippen molar-refractivity contribution in [3.63, 3.8) is 0 Å². The van der Waals surface area contributed by atoms with Gasteiger partial charge in [0.25, 0.3) is 0 Å². The predicted octanol–water partition coefficient (Wildman–Crippen LogP) is 9.26. The van der Waals surface area contributed by atoms with E-state index < -0.39 is 0 Å². The molecule has 0 aromatic heterocycles. The van der Waals surface area contributed by atoms with Gasteiger partial charge in [0.1, 0.15) is 6.17 Å². The Morgan fingerprint density at radius 3 is 1.03 bits per heavy atom. The van der Waals surface area contributed by atoms with Crippen LogP contribution in [0.1, 0.15) is 149 Å². The fraction of sp³-hybridized carbons (Fsp3) is 0.929. The van der Waals surface area contributed by atoms with Gasteiger partial charge in [0, 0.05) is 25.5 Å². The molecule has 0 aromatic carbocycles. The van der Waals surface area contributed by atoms with Crippen molar-refractivity contribution in [1.29, 1.82) is 0 Å². The molecule has 0 aromatic rings. The van der Waals surface area contributed by atoms with Crippen LogP contribution in [0.3, 0.4) is 0 Å². The van der Waals surface area contributed by atoms with Gasteiger partial charge in [0.05, 0.1) is 0 Å². The average Bonchev–Trinajstić information content (AvgIpc) is 3.15. The minimum atomic E-state index is 0.623. The lowest BCUT2D eigenvalue weighted by atomic mass is 10.0. The molecule has 178 valence electrons. The maximum Gasteiger partial charge on any atom is 0.100 e. The highest BCUT2D eigenvalue weighted by atomic mass is 15.4. The van der Waals surface area contributed by atoms with Crippen LogP contribution in [-0.4, -0.2) is 29.1 Å². The lowest BCUT2D eigenvalue weighted by Crippen LogP contribution is -2.38. The van der Waals surface area contributed by atoms with Gasteiger partial charge in [-0.25, -0.2) is 0 Å². The molecule has 0 radical (unpaired) electrons. The summed E-state index contributed by atoms with van der Waals surface area (Å²) in [5.74, 6) is 0. The van der Waals surface area contributed by atoms with Crippen LogP contribution in [0.4, 0.5) is 0 Å². The molecule has 1 aliphatic heterocycles. The van der Waals surface area contributed by atoms with Gasteiger partial charge in [-0.15, -0.1) is 0 Å². The van der Waals surface area contributed by atoms with Crippen LogP contribution in [0.2, 0.25) is 0 Å². The average molecular weight is 421 g/mol. The second kappa shape index (κ2) is 20.3. The highest BCUT2D eigenvalue weighted by molar-refractivity contribution is 4.96. The van der Waals surface area contributed by atoms with Gasteiger partial charge in [-0.2, -0.15) is 0 Å². The van der Waals surface area contributed by atoms with Gasteiger partial charge >= 0.3 is 0 Å². The van der Waals surface area contributed by atoms with Crippen molar-refractivity contribution in [3.8, 4) is 0 Å². The summed E-state index contributed by atoms with van der Waals surface area (Å²) in [5.41, 5.74) is 0. The molecule has 0 N–H and O–H groups in total. The lowest BCUT2D eigenvalue weighted by Gasteiger charge is -2.32. The van der Waals surface area contributed by atoms with Crippen LogP contribution < -0.4 is 0 Å². The molecule has 0 saturated carbocycles. The summed E-state index contributed by atoms with van der Waals surface area (Å²) < 4.78 is 0. The summed E-state index contributed by atoms with van der Waals surface area (Å²) in [6, 6.07) is 0. The van der Waals surface area contributed by atoms with E-state index in [1.807, 2.05) is 0 Å². The van der Waals surface area contributed by atoms with E-state index in [-0.39, 0.29) is 0 Å². The molecule has 0 spiro atoms.